The van der Waals surface area contributed by atoms with Gasteiger partial charge in [0.25, 0.3) is 0 Å². The maximum Gasteiger partial charge on any atom is 0.418 e. The molecule has 2 aromatic rings. The highest BCUT2D eigenvalue weighted by molar-refractivity contribution is 5.90. The molecule has 4 nitrogen and oxygen atoms in total. The monoisotopic (exact) mass is 280 g/mol. The van der Waals surface area contributed by atoms with E-state index in [1.165, 1.54) is 4.57 Å². The third kappa shape index (κ3) is 3.64. The summed E-state index contributed by atoms with van der Waals surface area (Å²) in [7, 11) is 0. The zero-order valence-electron chi connectivity index (χ0n) is 12.3. The molecular weight excluding hydrogens is 264 g/mol. The van der Waals surface area contributed by atoms with Crippen LogP contribution in [0.2, 0.25) is 0 Å². The summed E-state index contributed by atoms with van der Waals surface area (Å²) in [4.78, 5) is 12.1. The van der Waals surface area contributed by atoms with Crippen molar-refractivity contribution in [3.05, 3.63) is 36.0 Å². The highest BCUT2D eigenvalue weighted by atomic mass is 16.6. The summed E-state index contributed by atoms with van der Waals surface area (Å²) in [6.07, 6.45) is 1.49. The van der Waals surface area contributed by atoms with E-state index in [-0.39, 0.29) is 6.42 Å². The Morgan fingerprint density at radius 1 is 1.33 bits per heavy atom. The number of carbonyl (C=O) groups excluding carboxylic acids is 1. The van der Waals surface area contributed by atoms with Gasteiger partial charge in [0.1, 0.15) is 5.60 Å². The van der Waals surface area contributed by atoms with Gasteiger partial charge in [-0.2, -0.15) is 5.26 Å². The highest BCUT2D eigenvalue weighted by Gasteiger charge is 2.18. The van der Waals surface area contributed by atoms with E-state index in [9.17, 15) is 4.79 Å². The van der Waals surface area contributed by atoms with Crippen LogP contribution in [0.3, 0.4) is 0 Å². The Labute approximate surface area is 123 Å². The predicted octanol–water partition coefficient (Wildman–Crippen LogP) is 3.69. The van der Waals surface area contributed by atoms with Crippen LogP contribution in [-0.4, -0.2) is 16.3 Å². The Morgan fingerprint density at radius 2 is 2.10 bits per heavy atom. The van der Waals surface area contributed by atoms with Gasteiger partial charge in [0.2, 0.25) is 0 Å². The second-order valence-electron chi connectivity index (χ2n) is 5.58. The predicted molar refractivity (Wildman–Crippen MR) is 80.7 cm³/mol. The summed E-state index contributed by atoms with van der Waals surface area (Å²) in [5.74, 6) is 5.68. The Balaban J connectivity index is 2.32. The van der Waals surface area contributed by atoms with E-state index < -0.39 is 11.7 Å². The zero-order chi connectivity index (χ0) is 15.5. The van der Waals surface area contributed by atoms with Gasteiger partial charge in [-0.15, -0.1) is 0 Å². The van der Waals surface area contributed by atoms with Gasteiger partial charge >= 0.3 is 6.09 Å². The lowest BCUT2D eigenvalue weighted by Crippen LogP contribution is -2.26. The van der Waals surface area contributed by atoms with E-state index in [2.05, 4.69) is 11.8 Å². The summed E-state index contributed by atoms with van der Waals surface area (Å²) in [5, 5.41) is 9.37. The van der Waals surface area contributed by atoms with Crippen LogP contribution >= 0.6 is 0 Å². The van der Waals surface area contributed by atoms with Crippen molar-refractivity contribution in [3.63, 3.8) is 0 Å². The summed E-state index contributed by atoms with van der Waals surface area (Å²) < 4.78 is 6.84. The molecule has 2 rings (SSSR count). The van der Waals surface area contributed by atoms with Gasteiger partial charge in [0.05, 0.1) is 18.0 Å². The minimum absolute atomic E-state index is 0.205. The van der Waals surface area contributed by atoms with Crippen molar-refractivity contribution in [3.8, 4) is 17.9 Å². The van der Waals surface area contributed by atoms with E-state index >= 15 is 0 Å². The first-order valence-corrected chi connectivity index (χ1v) is 6.61. The number of hydrogen-bond donors (Lipinski definition) is 0. The molecule has 1 aromatic carbocycles. The summed E-state index contributed by atoms with van der Waals surface area (Å²) >= 11 is 0. The number of ether oxygens (including phenoxy) is 1. The third-order valence-electron chi connectivity index (χ3n) is 2.68. The molecule has 0 aliphatic carbocycles. The first-order valence-electron chi connectivity index (χ1n) is 6.61. The fraction of sp³-hybridized carbons (Fsp3) is 0.294. The zero-order valence-corrected chi connectivity index (χ0v) is 12.3. The second kappa shape index (κ2) is 5.73. The number of nitriles is 1. The van der Waals surface area contributed by atoms with Gasteiger partial charge < -0.3 is 4.74 Å². The molecular formula is C17H16N2O2. The minimum atomic E-state index is -0.531. The first-order chi connectivity index (χ1) is 9.90. The van der Waals surface area contributed by atoms with Gasteiger partial charge in [0.15, 0.2) is 0 Å². The number of benzene rings is 1. The topological polar surface area (TPSA) is 55.0 Å². The van der Waals surface area contributed by atoms with Gasteiger partial charge in [-0.25, -0.2) is 4.79 Å². The lowest BCUT2D eigenvalue weighted by Gasteiger charge is -2.19. The molecule has 0 fully saturated rings. The molecule has 1 aromatic heterocycles. The lowest BCUT2D eigenvalue weighted by atomic mass is 10.1. The molecule has 0 saturated heterocycles. The molecule has 0 atom stereocenters. The number of hydrogen-bond acceptors (Lipinski definition) is 3. The molecule has 4 heteroatoms. The standard InChI is InChI=1S/C17H16N2O2/c1-17(2,3)21-16(20)19-11-9-14-12-13(6-4-5-10-18)7-8-15(14)19/h7-9,11-12H,5H2,1-3H3. The Kier molecular flexibility index (Phi) is 4.00. The molecule has 0 amide bonds. The van der Waals surface area contributed by atoms with Gasteiger partial charge in [0, 0.05) is 17.1 Å². The third-order valence-corrected chi connectivity index (χ3v) is 2.68. The summed E-state index contributed by atoms with van der Waals surface area (Å²) in [6, 6.07) is 9.36. The van der Waals surface area contributed by atoms with Gasteiger partial charge in [-0.05, 0) is 45.0 Å². The van der Waals surface area contributed by atoms with Crippen LogP contribution in [0.5, 0.6) is 0 Å². The fourth-order valence-electron chi connectivity index (χ4n) is 1.88. The summed E-state index contributed by atoms with van der Waals surface area (Å²) in [5.41, 5.74) is 1.06. The SMILES string of the molecule is CC(C)(C)OC(=O)n1ccc2cc(C#CCC#N)ccc21. The number of carbonyl (C=O) groups is 1. The van der Waals surface area contributed by atoms with Crippen LogP contribution in [-0.2, 0) is 4.74 Å². The van der Waals surface area contributed by atoms with Crippen LogP contribution in [0.4, 0.5) is 4.79 Å². The Hall–Kier alpha value is -2.72. The largest absolute Gasteiger partial charge is 0.443 e. The van der Waals surface area contributed by atoms with Crippen molar-refractivity contribution in [1.29, 1.82) is 5.26 Å². The number of rotatable bonds is 0. The van der Waals surface area contributed by atoms with E-state index in [4.69, 9.17) is 10.00 Å². The van der Waals surface area contributed by atoms with Crippen molar-refractivity contribution in [2.75, 3.05) is 0 Å². The normalized spacial score (nSPS) is 10.6. The van der Waals surface area contributed by atoms with Gasteiger partial charge in [-0.1, -0.05) is 11.8 Å². The molecule has 106 valence electrons. The van der Waals surface area contributed by atoms with Crippen LogP contribution < -0.4 is 0 Å². The summed E-state index contributed by atoms with van der Waals surface area (Å²) in [6.45, 7) is 5.50. The average Bonchev–Trinajstić information content (AvgIpc) is 2.80. The van der Waals surface area contributed by atoms with Crippen molar-refractivity contribution in [2.24, 2.45) is 0 Å². The number of aromatic nitrogens is 1. The quantitative estimate of drug-likeness (QED) is 0.691. The molecule has 0 unspecified atom stereocenters. The first kappa shape index (κ1) is 14.7. The van der Waals surface area contributed by atoms with Crippen LogP contribution in [0, 0.1) is 23.2 Å². The molecule has 0 aliphatic heterocycles. The Bertz CT molecular complexity index is 777. The molecule has 0 aliphatic rings. The second-order valence-corrected chi connectivity index (χ2v) is 5.58. The van der Waals surface area contributed by atoms with Crippen LogP contribution in [0.1, 0.15) is 32.8 Å². The van der Waals surface area contributed by atoms with E-state index in [1.54, 1.807) is 6.20 Å². The van der Waals surface area contributed by atoms with Gasteiger partial charge in [-0.3, -0.25) is 4.57 Å². The molecule has 0 N–H and O–H groups in total. The lowest BCUT2D eigenvalue weighted by molar-refractivity contribution is 0.0544. The maximum atomic E-state index is 12.1. The van der Waals surface area contributed by atoms with E-state index in [0.717, 1.165) is 16.5 Å². The molecule has 0 radical (unpaired) electrons. The van der Waals surface area contributed by atoms with Crippen LogP contribution in [0.25, 0.3) is 10.9 Å². The fourth-order valence-corrected chi connectivity index (χ4v) is 1.88. The molecule has 0 spiro atoms. The van der Waals surface area contributed by atoms with Crippen molar-refractivity contribution < 1.29 is 9.53 Å². The minimum Gasteiger partial charge on any atom is -0.443 e. The number of fused-ring (bicyclic) bond motifs is 1. The van der Waals surface area contributed by atoms with Crippen LogP contribution in [0.15, 0.2) is 30.5 Å². The smallest absolute Gasteiger partial charge is 0.418 e. The molecule has 1 heterocycles. The molecule has 21 heavy (non-hydrogen) atoms. The molecule has 0 saturated carbocycles. The van der Waals surface area contributed by atoms with Crippen molar-refractivity contribution in [1.82, 2.24) is 4.57 Å². The number of nitrogens with zero attached hydrogens (tertiary/aromatic N) is 2. The Morgan fingerprint density at radius 3 is 2.76 bits per heavy atom. The van der Waals surface area contributed by atoms with Crippen molar-refractivity contribution in [2.45, 2.75) is 32.8 Å². The van der Waals surface area contributed by atoms with Crippen molar-refractivity contribution >= 4 is 17.0 Å². The van der Waals surface area contributed by atoms with E-state index in [1.807, 2.05) is 51.1 Å². The van der Waals surface area contributed by atoms with E-state index in [0.29, 0.717) is 0 Å². The average molecular weight is 280 g/mol. The maximum absolute atomic E-state index is 12.1. The molecule has 0 bridgehead atoms. The highest BCUT2D eigenvalue weighted by Crippen LogP contribution is 2.19.